The minimum atomic E-state index is -0.503. The third-order valence-corrected chi connectivity index (χ3v) is 6.02. The van der Waals surface area contributed by atoms with Crippen molar-refractivity contribution in [3.05, 3.63) is 38.7 Å². The van der Waals surface area contributed by atoms with Crippen molar-refractivity contribution >= 4 is 57.6 Å². The zero-order valence-electron chi connectivity index (χ0n) is 14.5. The molecule has 1 aromatic rings. The average Bonchev–Trinajstić information content (AvgIpc) is 2.66. The maximum absolute atomic E-state index is 11.4. The second kappa shape index (κ2) is 7.54. The maximum Gasteiger partial charge on any atom is 0.491 e. The van der Waals surface area contributed by atoms with Gasteiger partial charge in [0.2, 0.25) is 0 Å². The molecule has 0 bridgehead atoms. The van der Waals surface area contributed by atoms with Crippen LogP contribution in [0.2, 0.25) is 5.02 Å². The topological polar surface area (TPSA) is 35.5 Å². The van der Waals surface area contributed by atoms with Gasteiger partial charge in [-0.1, -0.05) is 45.4 Å². The molecule has 24 heavy (non-hydrogen) atoms. The van der Waals surface area contributed by atoms with E-state index < -0.39 is 18.3 Å². The first-order chi connectivity index (χ1) is 11.0. The zero-order chi connectivity index (χ0) is 18.1. The molecule has 0 N–H and O–H groups in total. The largest absolute Gasteiger partial charge is 0.491 e. The Bertz CT molecular complexity index is 660. The highest BCUT2D eigenvalue weighted by molar-refractivity contribution is 9.10. The van der Waals surface area contributed by atoms with Gasteiger partial charge in [0.15, 0.2) is 5.12 Å². The lowest BCUT2D eigenvalue weighted by Crippen LogP contribution is -2.41. The van der Waals surface area contributed by atoms with Crippen molar-refractivity contribution in [3.8, 4) is 0 Å². The summed E-state index contributed by atoms with van der Waals surface area (Å²) in [5.74, 6) is 0.495. The summed E-state index contributed by atoms with van der Waals surface area (Å²) >= 11 is 11.0. The number of carbonyl (C=O) groups is 1. The van der Waals surface area contributed by atoms with Crippen LogP contribution in [0.3, 0.4) is 0 Å². The van der Waals surface area contributed by atoms with Crippen LogP contribution in [0.4, 0.5) is 0 Å². The molecule has 130 valence electrons. The summed E-state index contributed by atoms with van der Waals surface area (Å²) in [6, 6.07) is 5.65. The fourth-order valence-electron chi connectivity index (χ4n) is 2.18. The number of halogens is 2. The molecule has 1 aliphatic heterocycles. The van der Waals surface area contributed by atoms with Crippen molar-refractivity contribution in [1.29, 1.82) is 0 Å². The van der Waals surface area contributed by atoms with Crippen molar-refractivity contribution in [1.82, 2.24) is 0 Å². The highest BCUT2D eigenvalue weighted by Crippen LogP contribution is 2.39. The lowest BCUT2D eigenvalue weighted by molar-refractivity contribution is -0.109. The Hall–Kier alpha value is -0.265. The third-order valence-electron chi connectivity index (χ3n) is 4.30. The Morgan fingerprint density at radius 3 is 2.42 bits per heavy atom. The van der Waals surface area contributed by atoms with E-state index in [-0.39, 0.29) is 5.12 Å². The number of benzene rings is 1. The zero-order valence-corrected chi connectivity index (χ0v) is 17.6. The van der Waals surface area contributed by atoms with Crippen molar-refractivity contribution in [2.75, 3.05) is 5.75 Å². The highest BCUT2D eigenvalue weighted by Gasteiger charge is 2.52. The molecule has 0 aliphatic carbocycles. The summed E-state index contributed by atoms with van der Waals surface area (Å²) in [5.41, 5.74) is 0.881. The van der Waals surface area contributed by atoms with Crippen LogP contribution < -0.4 is 0 Å². The first kappa shape index (κ1) is 20.1. The molecular weight excluding hydrogens is 410 g/mol. The van der Waals surface area contributed by atoms with Crippen molar-refractivity contribution in [2.45, 2.75) is 45.8 Å². The summed E-state index contributed by atoms with van der Waals surface area (Å²) in [6.45, 7) is 9.59. The SMILES string of the molecule is CC(=O)SCC(=Cc1cc(Br)ccc1Cl)B1OC(C)(C)C(C)(C)O1. The highest BCUT2D eigenvalue weighted by atomic mass is 79.9. The van der Waals surface area contributed by atoms with Gasteiger partial charge in [0.1, 0.15) is 0 Å². The number of thioether (sulfide) groups is 1. The molecule has 1 fully saturated rings. The van der Waals surface area contributed by atoms with E-state index in [1.54, 1.807) is 6.92 Å². The van der Waals surface area contributed by atoms with Crippen LogP contribution in [0.1, 0.15) is 40.2 Å². The van der Waals surface area contributed by atoms with Gasteiger partial charge in [0, 0.05) is 22.2 Å². The standard InChI is InChI=1S/C17H21BBrClO3S/c1-11(21)24-10-13(8-12-9-14(19)6-7-15(12)20)18-22-16(2,3)17(4,5)23-18/h6-9H,10H2,1-5H3. The van der Waals surface area contributed by atoms with E-state index in [0.717, 1.165) is 15.5 Å². The molecule has 7 heteroatoms. The molecule has 3 nitrogen and oxygen atoms in total. The summed E-state index contributed by atoms with van der Waals surface area (Å²) in [6.07, 6.45) is 1.95. The molecule has 1 saturated heterocycles. The van der Waals surface area contributed by atoms with Gasteiger partial charge in [-0.15, -0.1) is 0 Å². The molecule has 0 radical (unpaired) electrons. The summed E-state index contributed by atoms with van der Waals surface area (Å²) < 4.78 is 13.2. The van der Waals surface area contributed by atoms with E-state index >= 15 is 0 Å². The van der Waals surface area contributed by atoms with Crippen LogP contribution >= 0.6 is 39.3 Å². The normalized spacial score (nSPS) is 19.6. The maximum atomic E-state index is 11.4. The molecule has 0 atom stereocenters. The van der Waals surface area contributed by atoms with Gasteiger partial charge in [-0.05, 0) is 56.9 Å². The van der Waals surface area contributed by atoms with Crippen LogP contribution in [-0.2, 0) is 14.1 Å². The molecule has 0 saturated carbocycles. The summed E-state index contributed by atoms with van der Waals surface area (Å²) in [5, 5.41) is 0.692. The molecule has 0 amide bonds. The quantitative estimate of drug-likeness (QED) is 0.598. The van der Waals surface area contributed by atoms with E-state index in [0.29, 0.717) is 10.8 Å². The minimum Gasteiger partial charge on any atom is -0.400 e. The molecule has 2 rings (SSSR count). The van der Waals surface area contributed by atoms with Gasteiger partial charge in [-0.3, -0.25) is 4.79 Å². The average molecular weight is 432 g/mol. The predicted octanol–water partition coefficient (Wildman–Crippen LogP) is 5.40. The van der Waals surface area contributed by atoms with E-state index in [1.165, 1.54) is 11.8 Å². The monoisotopic (exact) mass is 430 g/mol. The third kappa shape index (κ3) is 4.67. The second-order valence-electron chi connectivity index (χ2n) is 6.75. The van der Waals surface area contributed by atoms with Crippen LogP contribution in [0.25, 0.3) is 6.08 Å². The van der Waals surface area contributed by atoms with Crippen LogP contribution in [0.5, 0.6) is 0 Å². The molecule has 1 aliphatic rings. The Morgan fingerprint density at radius 2 is 1.88 bits per heavy atom. The van der Waals surface area contributed by atoms with Crippen molar-refractivity contribution in [3.63, 3.8) is 0 Å². The number of rotatable bonds is 4. The summed E-state index contributed by atoms with van der Waals surface area (Å²) in [4.78, 5) is 11.4. The predicted molar refractivity (Wildman–Crippen MR) is 106 cm³/mol. The second-order valence-corrected chi connectivity index (χ2v) is 9.23. The number of hydrogen-bond acceptors (Lipinski definition) is 4. The Morgan fingerprint density at radius 1 is 1.29 bits per heavy atom. The van der Waals surface area contributed by atoms with Crippen LogP contribution in [0, 0.1) is 0 Å². The molecule has 1 heterocycles. The molecule has 0 aromatic heterocycles. The Kier molecular flexibility index (Phi) is 6.30. The van der Waals surface area contributed by atoms with E-state index in [2.05, 4.69) is 15.9 Å². The van der Waals surface area contributed by atoms with Gasteiger partial charge >= 0.3 is 7.12 Å². The van der Waals surface area contributed by atoms with Gasteiger partial charge in [0.25, 0.3) is 0 Å². The van der Waals surface area contributed by atoms with Gasteiger partial charge in [-0.2, -0.15) is 0 Å². The summed E-state index contributed by atoms with van der Waals surface area (Å²) in [7, 11) is -0.503. The number of carbonyl (C=O) groups excluding carboxylic acids is 1. The molecular formula is C17H21BBrClO3S. The van der Waals surface area contributed by atoms with Gasteiger partial charge in [-0.25, -0.2) is 0 Å². The Balaban J connectivity index is 2.37. The van der Waals surface area contributed by atoms with Gasteiger partial charge < -0.3 is 9.31 Å². The fraction of sp³-hybridized carbons (Fsp3) is 0.471. The Labute approximate surface area is 161 Å². The van der Waals surface area contributed by atoms with Crippen LogP contribution in [0.15, 0.2) is 28.1 Å². The molecule has 1 aromatic carbocycles. The fourth-order valence-corrected chi connectivity index (χ4v) is 3.32. The van der Waals surface area contributed by atoms with Crippen molar-refractivity contribution in [2.24, 2.45) is 0 Å². The number of hydrogen-bond donors (Lipinski definition) is 0. The molecule has 0 spiro atoms. The van der Waals surface area contributed by atoms with E-state index in [9.17, 15) is 4.79 Å². The lowest BCUT2D eigenvalue weighted by Gasteiger charge is -2.32. The van der Waals surface area contributed by atoms with Gasteiger partial charge in [0.05, 0.1) is 11.2 Å². The van der Waals surface area contributed by atoms with E-state index in [1.807, 2.05) is 52.0 Å². The van der Waals surface area contributed by atoms with Crippen LogP contribution in [-0.4, -0.2) is 29.2 Å². The van der Waals surface area contributed by atoms with Crippen molar-refractivity contribution < 1.29 is 14.1 Å². The first-order valence-corrected chi connectivity index (χ1v) is 9.82. The smallest absolute Gasteiger partial charge is 0.400 e. The minimum absolute atomic E-state index is 0.0535. The van der Waals surface area contributed by atoms with E-state index in [4.69, 9.17) is 20.9 Å². The molecule has 0 unspecified atom stereocenters. The lowest BCUT2D eigenvalue weighted by atomic mass is 9.78. The first-order valence-electron chi connectivity index (χ1n) is 7.66.